The van der Waals surface area contributed by atoms with Gasteiger partial charge in [0.15, 0.2) is 0 Å². The van der Waals surface area contributed by atoms with Crippen LogP contribution in [0.15, 0.2) is 0 Å². The Morgan fingerprint density at radius 1 is 1.18 bits per heavy atom. The molecule has 0 spiro atoms. The molecular weight excluding hydrogens is 134 g/mol. The van der Waals surface area contributed by atoms with Crippen LogP contribution in [0, 0.1) is 17.8 Å². The molecule has 4 fully saturated rings. The predicted octanol–water partition coefficient (Wildman–Crippen LogP) is 1.74. The van der Waals surface area contributed by atoms with Crippen molar-refractivity contribution in [3.8, 4) is 0 Å². The highest BCUT2D eigenvalue weighted by Gasteiger charge is 2.62. The van der Waals surface area contributed by atoms with Gasteiger partial charge in [-0.1, -0.05) is 13.8 Å². The normalized spacial score (nSPS) is 58.6. The Kier molecular flexibility index (Phi) is 0.976. The van der Waals surface area contributed by atoms with Crippen LogP contribution in [-0.2, 0) is 0 Å². The fourth-order valence-electron chi connectivity index (χ4n) is 3.85. The first-order valence-corrected chi connectivity index (χ1v) is 4.97. The van der Waals surface area contributed by atoms with E-state index in [2.05, 4.69) is 18.7 Å². The summed E-state index contributed by atoms with van der Waals surface area (Å²) < 4.78 is 0. The Labute approximate surface area is 68.8 Å². The standard InChI is InChI=1S/C10H17N/c1-7(2)10-3-8-5-11(10)6-9(8)4-10/h7-9H,3-6H2,1-2H3. The summed E-state index contributed by atoms with van der Waals surface area (Å²) in [4.78, 5) is 2.77. The van der Waals surface area contributed by atoms with Crippen LogP contribution >= 0.6 is 0 Å². The summed E-state index contributed by atoms with van der Waals surface area (Å²) in [5, 5.41) is 0. The molecule has 3 saturated heterocycles. The zero-order valence-corrected chi connectivity index (χ0v) is 7.51. The molecule has 0 aromatic carbocycles. The second-order valence-electron chi connectivity index (χ2n) is 5.09. The summed E-state index contributed by atoms with van der Waals surface area (Å²) in [5.41, 5.74) is 0.676. The first-order valence-electron chi connectivity index (χ1n) is 4.97. The van der Waals surface area contributed by atoms with Crippen molar-refractivity contribution in [3.63, 3.8) is 0 Å². The minimum Gasteiger partial charge on any atom is -0.297 e. The molecule has 2 atom stereocenters. The molecule has 11 heavy (non-hydrogen) atoms. The molecule has 4 bridgehead atoms. The van der Waals surface area contributed by atoms with Crippen LogP contribution in [0.5, 0.6) is 0 Å². The van der Waals surface area contributed by atoms with Gasteiger partial charge in [-0.05, 0) is 30.6 Å². The number of hydrogen-bond acceptors (Lipinski definition) is 1. The van der Waals surface area contributed by atoms with Crippen molar-refractivity contribution in [2.24, 2.45) is 17.8 Å². The third-order valence-electron chi connectivity index (χ3n) is 4.51. The van der Waals surface area contributed by atoms with Gasteiger partial charge in [-0.3, -0.25) is 4.90 Å². The van der Waals surface area contributed by atoms with E-state index in [0.29, 0.717) is 5.54 Å². The van der Waals surface area contributed by atoms with Gasteiger partial charge in [0.2, 0.25) is 0 Å². The highest BCUT2D eigenvalue weighted by Crippen LogP contribution is 2.59. The summed E-state index contributed by atoms with van der Waals surface area (Å²) in [5.74, 6) is 3.08. The summed E-state index contributed by atoms with van der Waals surface area (Å²) >= 11 is 0. The Balaban J connectivity index is 2.01. The molecule has 0 amide bonds. The smallest absolute Gasteiger partial charge is 0.0239 e. The van der Waals surface area contributed by atoms with Crippen molar-refractivity contribution in [1.29, 1.82) is 0 Å². The van der Waals surface area contributed by atoms with Gasteiger partial charge in [-0.25, -0.2) is 0 Å². The Morgan fingerprint density at radius 3 is 1.91 bits per heavy atom. The van der Waals surface area contributed by atoms with E-state index in [1.54, 1.807) is 0 Å². The van der Waals surface area contributed by atoms with E-state index >= 15 is 0 Å². The Morgan fingerprint density at radius 2 is 1.73 bits per heavy atom. The van der Waals surface area contributed by atoms with Gasteiger partial charge in [-0.2, -0.15) is 0 Å². The van der Waals surface area contributed by atoms with Crippen molar-refractivity contribution in [1.82, 2.24) is 4.90 Å². The van der Waals surface area contributed by atoms with E-state index < -0.39 is 0 Å². The predicted molar refractivity (Wildman–Crippen MR) is 45.4 cm³/mol. The first kappa shape index (κ1) is 6.47. The number of hydrogen-bond donors (Lipinski definition) is 0. The average molecular weight is 151 g/mol. The minimum atomic E-state index is 0.676. The monoisotopic (exact) mass is 151 g/mol. The van der Waals surface area contributed by atoms with Gasteiger partial charge in [0.25, 0.3) is 0 Å². The van der Waals surface area contributed by atoms with E-state index in [1.807, 2.05) is 0 Å². The lowest BCUT2D eigenvalue weighted by atomic mass is 9.86. The van der Waals surface area contributed by atoms with E-state index in [0.717, 1.165) is 17.8 Å². The minimum absolute atomic E-state index is 0.676. The molecule has 62 valence electrons. The molecule has 1 saturated carbocycles. The summed E-state index contributed by atoms with van der Waals surface area (Å²) in [6.45, 7) is 7.68. The van der Waals surface area contributed by atoms with Crippen molar-refractivity contribution in [2.75, 3.05) is 13.1 Å². The van der Waals surface area contributed by atoms with Gasteiger partial charge >= 0.3 is 0 Å². The maximum Gasteiger partial charge on any atom is 0.0239 e. The molecule has 0 N–H and O–H groups in total. The van der Waals surface area contributed by atoms with Crippen LogP contribution in [0.4, 0.5) is 0 Å². The van der Waals surface area contributed by atoms with Crippen LogP contribution < -0.4 is 0 Å². The molecule has 1 nitrogen and oxygen atoms in total. The largest absolute Gasteiger partial charge is 0.297 e. The van der Waals surface area contributed by atoms with E-state index in [9.17, 15) is 0 Å². The van der Waals surface area contributed by atoms with E-state index in [-0.39, 0.29) is 0 Å². The highest BCUT2D eigenvalue weighted by atomic mass is 15.3. The molecule has 0 aromatic rings. The molecule has 3 aliphatic heterocycles. The fraction of sp³-hybridized carbons (Fsp3) is 1.00. The number of rotatable bonds is 1. The molecule has 4 aliphatic rings. The highest BCUT2D eigenvalue weighted by molar-refractivity contribution is 5.16. The van der Waals surface area contributed by atoms with Crippen molar-refractivity contribution < 1.29 is 0 Å². The zero-order chi connectivity index (χ0) is 7.64. The molecule has 1 heteroatoms. The van der Waals surface area contributed by atoms with Crippen LogP contribution in [0.25, 0.3) is 0 Å². The topological polar surface area (TPSA) is 3.24 Å². The molecule has 0 aromatic heterocycles. The van der Waals surface area contributed by atoms with Gasteiger partial charge in [0, 0.05) is 18.6 Å². The van der Waals surface area contributed by atoms with Crippen molar-refractivity contribution in [2.45, 2.75) is 32.2 Å². The summed E-state index contributed by atoms with van der Waals surface area (Å²) in [6, 6.07) is 0. The maximum absolute atomic E-state index is 2.77. The van der Waals surface area contributed by atoms with E-state index in [1.165, 1.54) is 25.9 Å². The maximum atomic E-state index is 2.77. The molecule has 3 heterocycles. The summed E-state index contributed by atoms with van der Waals surface area (Å²) in [6.07, 6.45) is 3.05. The lowest BCUT2D eigenvalue weighted by Gasteiger charge is -2.35. The number of nitrogens with zero attached hydrogens (tertiary/aromatic N) is 1. The first-order chi connectivity index (χ1) is 5.22. The van der Waals surface area contributed by atoms with E-state index in [4.69, 9.17) is 0 Å². The lowest BCUT2D eigenvalue weighted by Crippen LogP contribution is -2.42. The van der Waals surface area contributed by atoms with Gasteiger partial charge in [0.1, 0.15) is 0 Å². The second-order valence-corrected chi connectivity index (χ2v) is 5.09. The van der Waals surface area contributed by atoms with Crippen LogP contribution in [0.2, 0.25) is 0 Å². The van der Waals surface area contributed by atoms with Gasteiger partial charge in [-0.15, -0.1) is 0 Å². The molecular formula is C10H17N. The Bertz CT molecular complexity index is 183. The number of piperidine rings is 2. The quantitative estimate of drug-likeness (QED) is 0.551. The van der Waals surface area contributed by atoms with Gasteiger partial charge in [0.05, 0.1) is 0 Å². The third-order valence-corrected chi connectivity index (χ3v) is 4.51. The van der Waals surface area contributed by atoms with Crippen molar-refractivity contribution in [3.05, 3.63) is 0 Å². The second kappa shape index (κ2) is 1.66. The summed E-state index contributed by atoms with van der Waals surface area (Å²) in [7, 11) is 0. The zero-order valence-electron chi connectivity index (χ0n) is 7.51. The van der Waals surface area contributed by atoms with Crippen LogP contribution in [0.1, 0.15) is 26.7 Å². The molecule has 2 unspecified atom stereocenters. The molecule has 0 radical (unpaired) electrons. The average Bonchev–Trinajstić information content (AvgIpc) is 2.50. The van der Waals surface area contributed by atoms with Crippen LogP contribution in [0.3, 0.4) is 0 Å². The third kappa shape index (κ3) is 0.547. The van der Waals surface area contributed by atoms with Gasteiger partial charge < -0.3 is 0 Å². The SMILES string of the molecule is CC(C)C12CC3CN1CC3C2. The molecule has 1 aliphatic carbocycles. The molecule has 4 rings (SSSR count). The van der Waals surface area contributed by atoms with Crippen molar-refractivity contribution >= 4 is 0 Å². The lowest BCUT2D eigenvalue weighted by molar-refractivity contribution is 0.136. The Hall–Kier alpha value is -0.0400. The van der Waals surface area contributed by atoms with Crippen LogP contribution in [-0.4, -0.2) is 23.5 Å². The fourth-order valence-corrected chi connectivity index (χ4v) is 3.85.